The van der Waals surface area contributed by atoms with Gasteiger partial charge in [0.2, 0.25) is 0 Å². The van der Waals surface area contributed by atoms with E-state index in [2.05, 4.69) is 31.9 Å². The summed E-state index contributed by atoms with van der Waals surface area (Å²) >= 11 is 6.45. The normalized spacial score (nSPS) is 10.3. The molecule has 0 radical (unpaired) electrons. The van der Waals surface area contributed by atoms with E-state index in [1.54, 1.807) is 6.07 Å². The van der Waals surface area contributed by atoms with Crippen LogP contribution in [0.4, 0.5) is 10.1 Å². The molecule has 17 heavy (non-hydrogen) atoms. The Balaban J connectivity index is 2.37. The van der Waals surface area contributed by atoms with E-state index in [-0.39, 0.29) is 5.69 Å². The van der Waals surface area contributed by atoms with Crippen LogP contribution in [0.15, 0.2) is 45.3 Å². The van der Waals surface area contributed by atoms with Crippen LogP contribution in [0.1, 0.15) is 0 Å². The molecule has 0 fully saturated rings. The number of ether oxygens (including phenoxy) is 1. The Morgan fingerprint density at radius 1 is 1.00 bits per heavy atom. The van der Waals surface area contributed by atoms with Crippen LogP contribution >= 0.6 is 31.9 Å². The second-order valence-corrected chi connectivity index (χ2v) is 5.05. The SMILES string of the molecule is Nc1cc(F)c(Br)cc1Oc1ccccc1Br. The van der Waals surface area contributed by atoms with E-state index in [1.165, 1.54) is 12.1 Å². The lowest BCUT2D eigenvalue weighted by Gasteiger charge is -2.10. The first-order valence-electron chi connectivity index (χ1n) is 4.75. The molecule has 0 aliphatic rings. The summed E-state index contributed by atoms with van der Waals surface area (Å²) in [7, 11) is 0. The van der Waals surface area contributed by atoms with Crippen molar-refractivity contribution in [3.63, 3.8) is 0 Å². The van der Waals surface area contributed by atoms with Crippen LogP contribution in [0.3, 0.4) is 0 Å². The van der Waals surface area contributed by atoms with Gasteiger partial charge in [-0.25, -0.2) is 4.39 Å². The van der Waals surface area contributed by atoms with Crippen molar-refractivity contribution in [1.82, 2.24) is 0 Å². The molecule has 0 saturated heterocycles. The first-order valence-corrected chi connectivity index (χ1v) is 6.33. The first-order chi connectivity index (χ1) is 8.08. The Bertz CT molecular complexity index is 560. The Kier molecular flexibility index (Phi) is 3.69. The second kappa shape index (κ2) is 5.06. The fourth-order valence-electron chi connectivity index (χ4n) is 1.28. The van der Waals surface area contributed by atoms with E-state index in [0.29, 0.717) is 16.0 Å². The molecule has 0 aromatic heterocycles. The molecule has 0 spiro atoms. The maximum Gasteiger partial charge on any atom is 0.151 e. The van der Waals surface area contributed by atoms with Crippen LogP contribution in [-0.2, 0) is 0 Å². The third-order valence-corrected chi connectivity index (χ3v) is 3.37. The molecule has 2 aromatic rings. The van der Waals surface area contributed by atoms with Gasteiger partial charge in [0.1, 0.15) is 11.6 Å². The number of nitrogens with two attached hydrogens (primary N) is 1. The summed E-state index contributed by atoms with van der Waals surface area (Å²) in [5.41, 5.74) is 5.94. The quantitative estimate of drug-likeness (QED) is 0.786. The minimum absolute atomic E-state index is 0.251. The maximum atomic E-state index is 13.2. The summed E-state index contributed by atoms with van der Waals surface area (Å²) in [6, 6.07) is 10.1. The van der Waals surface area contributed by atoms with Crippen molar-refractivity contribution in [3.05, 3.63) is 51.2 Å². The average molecular weight is 361 g/mol. The molecule has 0 aliphatic heterocycles. The number of anilines is 1. The van der Waals surface area contributed by atoms with Crippen molar-refractivity contribution in [2.75, 3.05) is 5.73 Å². The average Bonchev–Trinajstić information content (AvgIpc) is 2.29. The zero-order valence-corrected chi connectivity index (χ0v) is 11.8. The van der Waals surface area contributed by atoms with Gasteiger partial charge < -0.3 is 10.5 Å². The smallest absolute Gasteiger partial charge is 0.151 e. The molecule has 0 bridgehead atoms. The topological polar surface area (TPSA) is 35.2 Å². The van der Waals surface area contributed by atoms with Crippen molar-refractivity contribution < 1.29 is 9.13 Å². The summed E-state index contributed by atoms with van der Waals surface area (Å²) in [4.78, 5) is 0. The Morgan fingerprint density at radius 2 is 1.71 bits per heavy atom. The predicted octanol–water partition coefficient (Wildman–Crippen LogP) is 4.73. The van der Waals surface area contributed by atoms with Gasteiger partial charge in [0, 0.05) is 12.1 Å². The van der Waals surface area contributed by atoms with E-state index in [9.17, 15) is 4.39 Å². The number of halogens is 3. The van der Waals surface area contributed by atoms with Crippen molar-refractivity contribution >= 4 is 37.5 Å². The Hall–Kier alpha value is -1.07. The van der Waals surface area contributed by atoms with E-state index in [1.807, 2.05) is 18.2 Å². The zero-order chi connectivity index (χ0) is 12.4. The molecule has 0 aliphatic carbocycles. The van der Waals surface area contributed by atoms with Gasteiger partial charge in [-0.15, -0.1) is 0 Å². The molecule has 2 rings (SSSR count). The van der Waals surface area contributed by atoms with Gasteiger partial charge in [-0.05, 0) is 44.0 Å². The number of para-hydroxylation sites is 1. The predicted molar refractivity (Wildman–Crippen MR) is 72.7 cm³/mol. The lowest BCUT2D eigenvalue weighted by atomic mass is 10.3. The van der Waals surface area contributed by atoms with Crippen molar-refractivity contribution in [3.8, 4) is 11.5 Å². The van der Waals surface area contributed by atoms with Crippen LogP contribution in [0, 0.1) is 5.82 Å². The molecular formula is C12H8Br2FNO. The largest absolute Gasteiger partial charge is 0.454 e. The van der Waals surface area contributed by atoms with E-state index in [4.69, 9.17) is 10.5 Å². The molecule has 0 amide bonds. The zero-order valence-electron chi connectivity index (χ0n) is 8.58. The molecule has 0 atom stereocenters. The third-order valence-electron chi connectivity index (χ3n) is 2.11. The Morgan fingerprint density at radius 3 is 2.41 bits per heavy atom. The number of nitrogen functional groups attached to an aromatic ring is 1. The van der Waals surface area contributed by atoms with Crippen LogP contribution < -0.4 is 10.5 Å². The minimum atomic E-state index is -0.415. The van der Waals surface area contributed by atoms with Gasteiger partial charge >= 0.3 is 0 Å². The number of benzene rings is 2. The van der Waals surface area contributed by atoms with Gasteiger partial charge in [-0.2, -0.15) is 0 Å². The minimum Gasteiger partial charge on any atom is -0.454 e. The van der Waals surface area contributed by atoms with Crippen molar-refractivity contribution in [2.24, 2.45) is 0 Å². The molecule has 0 heterocycles. The maximum absolute atomic E-state index is 13.2. The van der Waals surface area contributed by atoms with Crippen molar-refractivity contribution in [2.45, 2.75) is 0 Å². The molecule has 88 valence electrons. The number of hydrogen-bond acceptors (Lipinski definition) is 2. The fourth-order valence-corrected chi connectivity index (χ4v) is 1.97. The summed E-state index contributed by atoms with van der Waals surface area (Å²) < 4.78 is 19.9. The Labute approximate surface area is 115 Å². The van der Waals surface area contributed by atoms with Crippen LogP contribution in [0.5, 0.6) is 11.5 Å². The lowest BCUT2D eigenvalue weighted by molar-refractivity contribution is 0.479. The standard InChI is InChI=1S/C12H8Br2FNO/c13-7-3-1-2-4-11(7)17-12-5-8(14)9(15)6-10(12)16/h1-6H,16H2. The second-order valence-electron chi connectivity index (χ2n) is 3.34. The van der Waals surface area contributed by atoms with Crippen LogP contribution in [-0.4, -0.2) is 0 Å². The van der Waals surface area contributed by atoms with Gasteiger partial charge in [-0.1, -0.05) is 12.1 Å². The highest BCUT2D eigenvalue weighted by atomic mass is 79.9. The van der Waals surface area contributed by atoms with Gasteiger partial charge in [0.05, 0.1) is 14.6 Å². The highest BCUT2D eigenvalue weighted by Gasteiger charge is 2.09. The summed E-state index contributed by atoms with van der Waals surface area (Å²) in [6.07, 6.45) is 0. The number of rotatable bonds is 2. The summed E-state index contributed by atoms with van der Waals surface area (Å²) in [5.74, 6) is 0.616. The molecule has 2 N–H and O–H groups in total. The number of hydrogen-bond donors (Lipinski definition) is 1. The van der Waals surface area contributed by atoms with E-state index >= 15 is 0 Å². The highest BCUT2D eigenvalue weighted by Crippen LogP contribution is 2.35. The van der Waals surface area contributed by atoms with Gasteiger partial charge in [0.15, 0.2) is 5.75 Å². The monoisotopic (exact) mass is 359 g/mol. The molecular weight excluding hydrogens is 353 g/mol. The van der Waals surface area contributed by atoms with Gasteiger partial charge in [-0.3, -0.25) is 0 Å². The molecule has 0 saturated carbocycles. The summed E-state index contributed by atoms with van der Waals surface area (Å²) in [5, 5.41) is 0. The summed E-state index contributed by atoms with van der Waals surface area (Å²) in [6.45, 7) is 0. The fraction of sp³-hybridized carbons (Fsp3) is 0. The third kappa shape index (κ3) is 2.79. The highest BCUT2D eigenvalue weighted by molar-refractivity contribution is 9.10. The van der Waals surface area contributed by atoms with Crippen LogP contribution in [0.2, 0.25) is 0 Å². The van der Waals surface area contributed by atoms with Gasteiger partial charge in [0.25, 0.3) is 0 Å². The van der Waals surface area contributed by atoms with Crippen LogP contribution in [0.25, 0.3) is 0 Å². The molecule has 5 heteroatoms. The first kappa shape index (κ1) is 12.4. The lowest BCUT2D eigenvalue weighted by Crippen LogP contribution is -1.94. The van der Waals surface area contributed by atoms with E-state index < -0.39 is 5.82 Å². The molecule has 0 unspecified atom stereocenters. The molecule has 2 nitrogen and oxygen atoms in total. The molecule has 2 aromatic carbocycles. The van der Waals surface area contributed by atoms with Crippen molar-refractivity contribution in [1.29, 1.82) is 0 Å². The van der Waals surface area contributed by atoms with E-state index in [0.717, 1.165) is 4.47 Å².